The molecule has 2 aromatic carbocycles. The van der Waals surface area contributed by atoms with Crippen molar-refractivity contribution >= 4 is 21.6 Å². The lowest BCUT2D eigenvalue weighted by Gasteiger charge is -2.37. The van der Waals surface area contributed by atoms with E-state index in [4.69, 9.17) is 4.74 Å². The molecule has 1 unspecified atom stereocenters. The third-order valence-corrected chi connectivity index (χ3v) is 4.86. The van der Waals surface area contributed by atoms with Gasteiger partial charge in [-0.2, -0.15) is 0 Å². The largest absolute Gasteiger partial charge is 0.491 e. The number of halogens is 1. The van der Waals surface area contributed by atoms with Crippen molar-refractivity contribution in [2.45, 2.75) is 20.0 Å². The molecule has 0 heterocycles. The molecule has 0 saturated carbocycles. The van der Waals surface area contributed by atoms with Gasteiger partial charge in [0.25, 0.3) is 0 Å². The zero-order chi connectivity index (χ0) is 16.7. The molecular weight excluding hydrogens is 354 g/mol. The van der Waals surface area contributed by atoms with Crippen LogP contribution in [0, 0.1) is 0 Å². The molecule has 1 atom stereocenters. The van der Waals surface area contributed by atoms with Gasteiger partial charge in [0.05, 0.1) is 13.1 Å². The Balaban J connectivity index is 2.04. The Hall–Kier alpha value is -1.36. The maximum Gasteiger partial charge on any atom is 0.137 e. The van der Waals surface area contributed by atoms with E-state index in [9.17, 15) is 5.11 Å². The Morgan fingerprint density at radius 1 is 1.00 bits per heavy atom. The lowest BCUT2D eigenvalue weighted by Crippen LogP contribution is -2.54. The van der Waals surface area contributed by atoms with E-state index in [1.165, 1.54) is 5.69 Å². The fraction of sp³-hybridized carbons (Fsp3) is 0.368. The SMILES string of the molecule is CC[N+](CC)(CC(O)COc1ccccc1)c1ccc(Br)cc1. The number of nitrogens with zero attached hydrogens (tertiary/aromatic N) is 1. The van der Waals surface area contributed by atoms with E-state index < -0.39 is 6.10 Å². The van der Waals surface area contributed by atoms with Crippen molar-refractivity contribution in [3.63, 3.8) is 0 Å². The fourth-order valence-electron chi connectivity index (χ4n) is 2.87. The molecule has 0 spiro atoms. The average Bonchev–Trinajstić information content (AvgIpc) is 2.60. The first-order valence-corrected chi connectivity index (χ1v) is 8.87. The number of aliphatic hydroxyl groups excluding tert-OH is 1. The number of rotatable bonds is 8. The lowest BCUT2D eigenvalue weighted by atomic mass is 10.2. The van der Waals surface area contributed by atoms with Gasteiger partial charge in [-0.1, -0.05) is 34.1 Å². The van der Waals surface area contributed by atoms with Crippen LogP contribution in [0.1, 0.15) is 13.8 Å². The lowest BCUT2D eigenvalue weighted by molar-refractivity contribution is 0.0731. The van der Waals surface area contributed by atoms with Crippen molar-refractivity contribution in [3.8, 4) is 5.75 Å². The van der Waals surface area contributed by atoms with Gasteiger partial charge in [0.2, 0.25) is 0 Å². The quantitative estimate of drug-likeness (QED) is 0.696. The molecule has 0 amide bonds. The highest BCUT2D eigenvalue weighted by atomic mass is 79.9. The van der Waals surface area contributed by atoms with Gasteiger partial charge in [0, 0.05) is 16.6 Å². The van der Waals surface area contributed by atoms with E-state index in [0.717, 1.165) is 27.8 Å². The standard InChI is InChI=1S/C19H25BrNO2/c1-3-21(4-2,17-12-10-16(20)11-13-17)14-18(22)15-23-19-8-6-5-7-9-19/h5-13,18,22H,3-4,14-15H2,1-2H3/q+1. The normalized spacial score (nSPS) is 12.9. The summed E-state index contributed by atoms with van der Waals surface area (Å²) >= 11 is 3.48. The molecule has 0 aromatic heterocycles. The molecule has 0 bridgehead atoms. The van der Waals surface area contributed by atoms with Crippen LogP contribution in [0.15, 0.2) is 59.1 Å². The van der Waals surface area contributed by atoms with Gasteiger partial charge in [0.1, 0.15) is 30.7 Å². The zero-order valence-corrected chi connectivity index (χ0v) is 15.4. The monoisotopic (exact) mass is 378 g/mol. The van der Waals surface area contributed by atoms with Crippen molar-refractivity contribution < 1.29 is 9.84 Å². The minimum Gasteiger partial charge on any atom is -0.491 e. The molecule has 0 aliphatic heterocycles. The molecule has 2 aromatic rings. The van der Waals surface area contributed by atoms with Crippen molar-refractivity contribution in [3.05, 3.63) is 59.1 Å². The first kappa shape index (κ1) is 18.0. The third kappa shape index (κ3) is 4.80. The molecular formula is C19H25BrNO2+. The summed E-state index contributed by atoms with van der Waals surface area (Å²) in [4.78, 5) is 0. The molecule has 0 aliphatic rings. The summed E-state index contributed by atoms with van der Waals surface area (Å²) in [6, 6.07) is 18.0. The highest BCUT2D eigenvalue weighted by Gasteiger charge is 2.30. The van der Waals surface area contributed by atoms with Crippen LogP contribution in [0.25, 0.3) is 0 Å². The van der Waals surface area contributed by atoms with Gasteiger partial charge in [-0.15, -0.1) is 0 Å². The maximum atomic E-state index is 10.5. The van der Waals surface area contributed by atoms with Crippen LogP contribution in [0.2, 0.25) is 0 Å². The molecule has 0 saturated heterocycles. The van der Waals surface area contributed by atoms with Gasteiger partial charge in [-0.25, -0.2) is 0 Å². The number of likely N-dealkylation sites (N-methyl/N-ethyl adjacent to an activating group) is 1. The van der Waals surface area contributed by atoms with Gasteiger partial charge in [0.15, 0.2) is 0 Å². The van der Waals surface area contributed by atoms with E-state index in [2.05, 4.69) is 54.0 Å². The van der Waals surface area contributed by atoms with Crippen molar-refractivity contribution in [2.75, 3.05) is 26.2 Å². The van der Waals surface area contributed by atoms with Gasteiger partial charge in [-0.05, 0) is 38.1 Å². The second-order valence-corrected chi connectivity index (χ2v) is 6.63. The Bertz CT molecular complexity index is 582. The van der Waals surface area contributed by atoms with E-state index in [0.29, 0.717) is 13.2 Å². The summed E-state index contributed by atoms with van der Waals surface area (Å²) in [5.74, 6) is 0.793. The second kappa shape index (κ2) is 8.48. The summed E-state index contributed by atoms with van der Waals surface area (Å²) in [7, 11) is 0. The fourth-order valence-corrected chi connectivity index (χ4v) is 3.14. The van der Waals surface area contributed by atoms with Crippen LogP contribution < -0.4 is 9.22 Å². The molecule has 2 rings (SSSR count). The topological polar surface area (TPSA) is 29.5 Å². The molecule has 0 aliphatic carbocycles. The first-order chi connectivity index (χ1) is 11.1. The molecule has 124 valence electrons. The minimum absolute atomic E-state index is 0.306. The molecule has 3 nitrogen and oxygen atoms in total. The van der Waals surface area contributed by atoms with Gasteiger partial charge in [-0.3, -0.25) is 4.48 Å². The van der Waals surface area contributed by atoms with E-state index in [-0.39, 0.29) is 0 Å². The number of hydrogen-bond acceptors (Lipinski definition) is 2. The van der Waals surface area contributed by atoms with Crippen LogP contribution in [0.4, 0.5) is 5.69 Å². The molecule has 4 heteroatoms. The Kier molecular flexibility index (Phi) is 6.63. The van der Waals surface area contributed by atoms with Gasteiger partial charge < -0.3 is 9.84 Å². The number of hydrogen-bond donors (Lipinski definition) is 1. The number of ether oxygens (including phenoxy) is 1. The Labute approximate surface area is 147 Å². The first-order valence-electron chi connectivity index (χ1n) is 8.08. The van der Waals surface area contributed by atoms with Crippen LogP contribution in [-0.4, -0.2) is 37.5 Å². The summed E-state index contributed by atoms with van der Waals surface area (Å²) in [6.45, 7) is 7.13. The van der Waals surface area contributed by atoms with Crippen LogP contribution in [0.5, 0.6) is 5.75 Å². The number of para-hydroxylation sites is 1. The van der Waals surface area contributed by atoms with Crippen LogP contribution in [-0.2, 0) is 0 Å². The molecule has 1 N–H and O–H groups in total. The second-order valence-electron chi connectivity index (χ2n) is 5.71. The Morgan fingerprint density at radius 3 is 2.17 bits per heavy atom. The molecule has 23 heavy (non-hydrogen) atoms. The summed E-state index contributed by atoms with van der Waals surface area (Å²) in [6.07, 6.45) is -0.515. The zero-order valence-electron chi connectivity index (χ0n) is 13.8. The third-order valence-electron chi connectivity index (χ3n) is 4.33. The van der Waals surface area contributed by atoms with E-state index in [1.54, 1.807) is 0 Å². The van der Waals surface area contributed by atoms with E-state index in [1.807, 2.05) is 30.3 Å². The highest BCUT2D eigenvalue weighted by Crippen LogP contribution is 2.25. The Morgan fingerprint density at radius 2 is 1.61 bits per heavy atom. The van der Waals surface area contributed by atoms with Crippen LogP contribution >= 0.6 is 15.9 Å². The van der Waals surface area contributed by atoms with Crippen LogP contribution in [0.3, 0.4) is 0 Å². The predicted molar refractivity (Wildman–Crippen MR) is 99.8 cm³/mol. The minimum atomic E-state index is -0.515. The number of benzene rings is 2. The number of quaternary nitrogens is 1. The molecule has 0 fully saturated rings. The van der Waals surface area contributed by atoms with E-state index >= 15 is 0 Å². The van der Waals surface area contributed by atoms with Crippen molar-refractivity contribution in [1.82, 2.24) is 4.48 Å². The average molecular weight is 379 g/mol. The maximum absolute atomic E-state index is 10.5. The highest BCUT2D eigenvalue weighted by molar-refractivity contribution is 9.10. The number of aliphatic hydroxyl groups is 1. The predicted octanol–water partition coefficient (Wildman–Crippen LogP) is 4.24. The smallest absolute Gasteiger partial charge is 0.137 e. The van der Waals surface area contributed by atoms with Crippen molar-refractivity contribution in [1.29, 1.82) is 0 Å². The summed E-state index contributed by atoms with van der Waals surface area (Å²) < 4.78 is 7.50. The summed E-state index contributed by atoms with van der Waals surface area (Å²) in [5.41, 5.74) is 1.22. The van der Waals surface area contributed by atoms with Gasteiger partial charge >= 0.3 is 0 Å². The van der Waals surface area contributed by atoms with Crippen molar-refractivity contribution in [2.24, 2.45) is 0 Å². The summed E-state index contributed by atoms with van der Waals surface area (Å²) in [5, 5.41) is 10.5. The molecule has 0 radical (unpaired) electrons.